The van der Waals surface area contributed by atoms with Gasteiger partial charge in [-0.3, -0.25) is 9.10 Å². The second-order valence-electron chi connectivity index (χ2n) is 5.85. The molecule has 1 aromatic carbocycles. The number of nitrogens with one attached hydrogen (secondary N) is 1. The molecule has 7 nitrogen and oxygen atoms in total. The summed E-state index contributed by atoms with van der Waals surface area (Å²) in [4.78, 5) is 11.9. The van der Waals surface area contributed by atoms with Crippen LogP contribution in [0, 0.1) is 11.6 Å². The molecule has 1 saturated heterocycles. The Hall–Kier alpha value is -1.75. The van der Waals surface area contributed by atoms with Crippen LogP contribution in [0.5, 0.6) is 0 Å². The van der Waals surface area contributed by atoms with Gasteiger partial charge >= 0.3 is 0 Å². The Morgan fingerprint density at radius 1 is 1.36 bits per heavy atom. The summed E-state index contributed by atoms with van der Waals surface area (Å²) in [5.41, 5.74) is -0.361. The van der Waals surface area contributed by atoms with Crippen molar-refractivity contribution in [2.75, 3.05) is 28.6 Å². The molecule has 140 valence electrons. The number of rotatable bonds is 6. The normalized spacial score (nSPS) is 19.6. The highest BCUT2D eigenvalue weighted by Gasteiger charge is 2.29. The molecule has 1 amide bonds. The van der Waals surface area contributed by atoms with Crippen molar-refractivity contribution in [2.24, 2.45) is 0 Å². The molecule has 1 aliphatic rings. The van der Waals surface area contributed by atoms with Crippen LogP contribution in [0.2, 0.25) is 0 Å². The van der Waals surface area contributed by atoms with E-state index in [1.54, 1.807) is 0 Å². The molecule has 1 atom stereocenters. The Morgan fingerprint density at radius 2 is 2.04 bits per heavy atom. The molecule has 25 heavy (non-hydrogen) atoms. The maximum Gasteiger partial charge on any atom is 0.232 e. The van der Waals surface area contributed by atoms with Crippen molar-refractivity contribution < 1.29 is 30.4 Å². The van der Waals surface area contributed by atoms with Gasteiger partial charge in [-0.1, -0.05) is 0 Å². The Morgan fingerprint density at radius 3 is 2.56 bits per heavy atom. The number of sulfone groups is 1. The van der Waals surface area contributed by atoms with E-state index in [0.29, 0.717) is 16.8 Å². The molecular formula is C14H18F2N2O5S2. The van der Waals surface area contributed by atoms with Crippen molar-refractivity contribution >= 4 is 31.5 Å². The average molecular weight is 396 g/mol. The van der Waals surface area contributed by atoms with Crippen molar-refractivity contribution in [3.63, 3.8) is 0 Å². The topological polar surface area (TPSA) is 101 Å². The summed E-state index contributed by atoms with van der Waals surface area (Å²) < 4.78 is 74.0. The molecule has 0 saturated carbocycles. The van der Waals surface area contributed by atoms with E-state index in [0.717, 1.165) is 18.4 Å². The lowest BCUT2D eigenvalue weighted by Crippen LogP contribution is -2.39. The molecule has 0 bridgehead atoms. The summed E-state index contributed by atoms with van der Waals surface area (Å²) in [6.07, 6.45) is 0.855. The van der Waals surface area contributed by atoms with Gasteiger partial charge in [-0.05, 0) is 18.6 Å². The molecule has 0 spiro atoms. The van der Waals surface area contributed by atoms with E-state index in [4.69, 9.17) is 0 Å². The van der Waals surface area contributed by atoms with Crippen molar-refractivity contribution in [1.82, 2.24) is 5.32 Å². The minimum atomic E-state index is -3.90. The molecule has 11 heteroatoms. The van der Waals surface area contributed by atoms with Gasteiger partial charge < -0.3 is 5.32 Å². The molecule has 0 radical (unpaired) electrons. The highest BCUT2D eigenvalue weighted by atomic mass is 32.2. The number of carbonyl (C=O) groups excluding carboxylic acids is 1. The first-order chi connectivity index (χ1) is 11.5. The van der Waals surface area contributed by atoms with Crippen molar-refractivity contribution in [2.45, 2.75) is 18.9 Å². The summed E-state index contributed by atoms with van der Waals surface area (Å²) >= 11 is 0. The zero-order valence-electron chi connectivity index (χ0n) is 13.4. The lowest BCUT2D eigenvalue weighted by Gasteiger charge is -2.23. The van der Waals surface area contributed by atoms with Crippen molar-refractivity contribution in [3.8, 4) is 0 Å². The quantitative estimate of drug-likeness (QED) is 0.751. The second kappa shape index (κ2) is 7.24. The van der Waals surface area contributed by atoms with Gasteiger partial charge in [-0.15, -0.1) is 0 Å². The van der Waals surface area contributed by atoms with Crippen molar-refractivity contribution in [3.05, 3.63) is 29.8 Å². The number of anilines is 1. The molecule has 2 rings (SSSR count). The fourth-order valence-corrected chi connectivity index (χ4v) is 5.16. The number of carbonyl (C=O) groups is 1. The van der Waals surface area contributed by atoms with Gasteiger partial charge in [0.15, 0.2) is 9.84 Å². The molecule has 1 N–H and O–H groups in total. The highest BCUT2D eigenvalue weighted by Crippen LogP contribution is 2.23. The smallest absolute Gasteiger partial charge is 0.232 e. The standard InChI is InChI=1S/C14H18F2N2O5S2/c1-24(20,21)18(13-3-2-10(15)8-12(13)16)6-4-14(19)17-11-5-7-25(22,23)9-11/h2-3,8,11H,4-7,9H2,1H3,(H,17,19). The van der Waals surface area contributed by atoms with E-state index in [1.807, 2.05) is 0 Å². The number of sulfonamides is 1. The Bertz CT molecular complexity index is 871. The Balaban J connectivity index is 2.05. The van der Waals surface area contributed by atoms with E-state index in [9.17, 15) is 30.4 Å². The monoisotopic (exact) mass is 396 g/mol. The first-order valence-electron chi connectivity index (χ1n) is 7.40. The lowest BCUT2D eigenvalue weighted by molar-refractivity contribution is -0.121. The van der Waals surface area contributed by atoms with E-state index in [2.05, 4.69) is 5.32 Å². The molecule has 1 aliphatic heterocycles. The van der Waals surface area contributed by atoms with Gasteiger partial charge in [-0.2, -0.15) is 0 Å². The number of halogens is 2. The maximum absolute atomic E-state index is 13.9. The van der Waals surface area contributed by atoms with Crippen LogP contribution in [0.3, 0.4) is 0 Å². The highest BCUT2D eigenvalue weighted by molar-refractivity contribution is 7.92. The summed E-state index contributed by atoms with van der Waals surface area (Å²) in [5.74, 6) is -2.61. The number of hydrogen-bond donors (Lipinski definition) is 1. The van der Waals surface area contributed by atoms with Gasteiger partial charge in [0.2, 0.25) is 15.9 Å². The average Bonchev–Trinajstić information content (AvgIpc) is 2.78. The Labute approximate surface area is 145 Å². The predicted octanol–water partition coefficient (Wildman–Crippen LogP) is 0.424. The third-order valence-electron chi connectivity index (χ3n) is 3.72. The minimum Gasteiger partial charge on any atom is -0.352 e. The third-order valence-corrected chi connectivity index (χ3v) is 6.67. The number of hydrogen-bond acceptors (Lipinski definition) is 5. The summed E-state index contributed by atoms with van der Waals surface area (Å²) in [6, 6.07) is 1.94. The fraction of sp³-hybridized carbons (Fsp3) is 0.500. The fourth-order valence-electron chi connectivity index (χ4n) is 2.56. The van der Waals surface area contributed by atoms with Crippen LogP contribution in [0.25, 0.3) is 0 Å². The van der Waals surface area contributed by atoms with Gasteiger partial charge in [0.05, 0.1) is 23.4 Å². The lowest BCUT2D eigenvalue weighted by atomic mass is 10.2. The molecular weight excluding hydrogens is 378 g/mol. The molecule has 1 fully saturated rings. The van der Waals surface area contributed by atoms with Crippen LogP contribution >= 0.6 is 0 Å². The zero-order valence-corrected chi connectivity index (χ0v) is 15.0. The molecule has 1 aromatic rings. The first-order valence-corrected chi connectivity index (χ1v) is 11.1. The van der Waals surface area contributed by atoms with Gasteiger partial charge in [-0.25, -0.2) is 25.6 Å². The number of amides is 1. The third kappa shape index (κ3) is 5.36. The van der Waals surface area contributed by atoms with Crippen LogP contribution in [-0.2, 0) is 24.7 Å². The van der Waals surface area contributed by atoms with Gasteiger partial charge in [0.1, 0.15) is 11.6 Å². The summed E-state index contributed by atoms with van der Waals surface area (Å²) in [5, 5.41) is 2.52. The molecule has 0 aliphatic carbocycles. The van der Waals surface area contributed by atoms with Crippen LogP contribution < -0.4 is 9.62 Å². The van der Waals surface area contributed by atoms with Gasteiger partial charge in [0, 0.05) is 25.1 Å². The maximum atomic E-state index is 13.9. The van der Waals surface area contributed by atoms with Crippen molar-refractivity contribution in [1.29, 1.82) is 0 Å². The van der Waals surface area contributed by atoms with E-state index >= 15 is 0 Å². The van der Waals surface area contributed by atoms with Crippen LogP contribution in [0.15, 0.2) is 18.2 Å². The largest absolute Gasteiger partial charge is 0.352 e. The second-order valence-corrected chi connectivity index (χ2v) is 9.98. The predicted molar refractivity (Wildman–Crippen MR) is 88.4 cm³/mol. The van der Waals surface area contributed by atoms with Gasteiger partial charge in [0.25, 0.3) is 0 Å². The van der Waals surface area contributed by atoms with E-state index in [-0.39, 0.29) is 30.2 Å². The molecule has 0 aromatic heterocycles. The molecule has 1 unspecified atom stereocenters. The summed E-state index contributed by atoms with van der Waals surface area (Å²) in [6.45, 7) is -0.354. The number of benzene rings is 1. The zero-order chi connectivity index (χ0) is 18.8. The van der Waals surface area contributed by atoms with Crippen LogP contribution in [-0.4, -0.2) is 53.1 Å². The minimum absolute atomic E-state index is 0.00575. The SMILES string of the molecule is CS(=O)(=O)N(CCC(=O)NC1CCS(=O)(=O)C1)c1ccc(F)cc1F. The first kappa shape index (κ1) is 19.6. The molecule has 1 heterocycles. The van der Waals surface area contributed by atoms with E-state index in [1.165, 1.54) is 0 Å². The van der Waals surface area contributed by atoms with E-state index < -0.39 is 43.4 Å². The Kier molecular flexibility index (Phi) is 5.67. The van der Waals surface area contributed by atoms with Crippen LogP contribution in [0.4, 0.5) is 14.5 Å². The summed E-state index contributed by atoms with van der Waals surface area (Å²) in [7, 11) is -7.05. The van der Waals surface area contributed by atoms with Crippen LogP contribution in [0.1, 0.15) is 12.8 Å². The number of nitrogens with zero attached hydrogens (tertiary/aromatic N) is 1.